The van der Waals surface area contributed by atoms with Crippen LogP contribution in [0.1, 0.15) is 17.0 Å². The van der Waals surface area contributed by atoms with Gasteiger partial charge in [-0.3, -0.25) is 4.68 Å². The van der Waals surface area contributed by atoms with E-state index >= 15 is 0 Å². The Morgan fingerprint density at radius 3 is 2.34 bits per heavy atom. The highest BCUT2D eigenvalue weighted by Crippen LogP contribution is 2.30. The largest absolute Gasteiger partial charge is 0.493 e. The molecule has 0 bridgehead atoms. The summed E-state index contributed by atoms with van der Waals surface area (Å²) in [6.07, 6.45) is 0. The van der Waals surface area contributed by atoms with Crippen LogP contribution in [0, 0.1) is 13.8 Å². The number of rotatable bonds is 8. The maximum Gasteiger partial charge on any atom is 0.175 e. The van der Waals surface area contributed by atoms with Crippen molar-refractivity contribution in [2.24, 2.45) is 0 Å². The molecule has 0 atom stereocenters. The Hall–Kier alpha value is -4.04. The minimum atomic E-state index is 0.459. The fourth-order valence-electron chi connectivity index (χ4n) is 3.73. The summed E-state index contributed by atoms with van der Waals surface area (Å²) in [7, 11) is 3.20. The smallest absolute Gasteiger partial charge is 0.175 e. The predicted octanol–water partition coefficient (Wildman–Crippen LogP) is 6.17. The van der Waals surface area contributed by atoms with Crippen molar-refractivity contribution >= 4 is 28.7 Å². The zero-order valence-electron chi connectivity index (χ0n) is 20.2. The Balaban J connectivity index is 1.45. The molecule has 0 saturated carbocycles. The third kappa shape index (κ3) is 5.91. The minimum Gasteiger partial charge on any atom is -0.493 e. The number of nitrogens with zero attached hydrogens (tertiary/aromatic N) is 2. The van der Waals surface area contributed by atoms with Crippen molar-refractivity contribution in [2.75, 3.05) is 24.9 Å². The monoisotopic (exact) mass is 488 g/mol. The van der Waals surface area contributed by atoms with Crippen LogP contribution in [0.15, 0.2) is 72.8 Å². The first-order valence-corrected chi connectivity index (χ1v) is 11.5. The van der Waals surface area contributed by atoms with Gasteiger partial charge < -0.3 is 24.8 Å². The molecular formula is C27H28N4O3S. The molecule has 0 aliphatic carbocycles. The van der Waals surface area contributed by atoms with E-state index in [1.165, 1.54) is 0 Å². The first kappa shape index (κ1) is 24.1. The van der Waals surface area contributed by atoms with E-state index in [2.05, 4.69) is 16.7 Å². The lowest BCUT2D eigenvalue weighted by molar-refractivity contribution is 0.355. The van der Waals surface area contributed by atoms with Gasteiger partial charge in [-0.15, -0.1) is 0 Å². The molecule has 3 aromatic carbocycles. The third-order valence-corrected chi connectivity index (χ3v) is 5.68. The Labute approximate surface area is 210 Å². The van der Waals surface area contributed by atoms with Crippen molar-refractivity contribution in [1.82, 2.24) is 9.78 Å². The molecule has 0 unspecified atom stereocenters. The summed E-state index contributed by atoms with van der Waals surface area (Å²) < 4.78 is 18.6. The van der Waals surface area contributed by atoms with Crippen LogP contribution in [-0.4, -0.2) is 29.1 Å². The van der Waals surface area contributed by atoms with Crippen molar-refractivity contribution in [3.8, 4) is 23.0 Å². The lowest BCUT2D eigenvalue weighted by Gasteiger charge is -2.13. The molecule has 0 fully saturated rings. The number of hydrogen-bond donors (Lipinski definition) is 2. The number of anilines is 2. The average Bonchev–Trinajstić information content (AvgIpc) is 3.12. The number of aromatic nitrogens is 2. The Bertz CT molecular complexity index is 1320. The highest BCUT2D eigenvalue weighted by molar-refractivity contribution is 7.80. The van der Waals surface area contributed by atoms with Crippen LogP contribution in [-0.2, 0) is 6.54 Å². The summed E-state index contributed by atoms with van der Waals surface area (Å²) in [5.74, 6) is 2.87. The summed E-state index contributed by atoms with van der Waals surface area (Å²) in [6, 6.07) is 23.3. The van der Waals surface area contributed by atoms with Crippen molar-refractivity contribution in [2.45, 2.75) is 20.4 Å². The molecule has 0 aliphatic rings. The quantitative estimate of drug-likeness (QED) is 0.288. The molecule has 0 radical (unpaired) electrons. The van der Waals surface area contributed by atoms with Crippen molar-refractivity contribution in [1.29, 1.82) is 0 Å². The molecule has 35 heavy (non-hydrogen) atoms. The van der Waals surface area contributed by atoms with E-state index in [0.29, 0.717) is 23.2 Å². The van der Waals surface area contributed by atoms with Crippen LogP contribution in [0.25, 0.3) is 0 Å². The first-order chi connectivity index (χ1) is 17.0. The number of para-hydroxylation sites is 1. The maximum absolute atomic E-state index is 5.97. The number of benzene rings is 3. The van der Waals surface area contributed by atoms with Gasteiger partial charge in [0.1, 0.15) is 11.5 Å². The molecular weight excluding hydrogens is 460 g/mol. The average molecular weight is 489 g/mol. The molecule has 0 spiro atoms. The van der Waals surface area contributed by atoms with Crippen molar-refractivity contribution in [3.63, 3.8) is 0 Å². The number of nitrogens with one attached hydrogen (secondary N) is 2. The molecule has 1 heterocycles. The third-order valence-electron chi connectivity index (χ3n) is 5.47. The van der Waals surface area contributed by atoms with Crippen LogP contribution in [0.5, 0.6) is 23.0 Å². The zero-order valence-corrected chi connectivity index (χ0v) is 21.0. The number of hydrogen-bond acceptors (Lipinski definition) is 5. The normalized spacial score (nSPS) is 10.5. The van der Waals surface area contributed by atoms with Gasteiger partial charge >= 0.3 is 0 Å². The van der Waals surface area contributed by atoms with Gasteiger partial charge in [-0.1, -0.05) is 30.3 Å². The zero-order chi connectivity index (χ0) is 24.8. The summed E-state index contributed by atoms with van der Waals surface area (Å²) in [6.45, 7) is 4.59. The van der Waals surface area contributed by atoms with E-state index in [-0.39, 0.29) is 0 Å². The van der Waals surface area contributed by atoms with Gasteiger partial charge in [-0.25, -0.2) is 0 Å². The van der Waals surface area contributed by atoms with Crippen LogP contribution in [0.4, 0.5) is 11.4 Å². The summed E-state index contributed by atoms with van der Waals surface area (Å²) >= 11 is 5.55. The van der Waals surface area contributed by atoms with Gasteiger partial charge in [0.15, 0.2) is 16.6 Å². The number of thiocarbonyl (C=S) groups is 1. The standard InChI is InChI=1S/C27H28N4O3S/c1-18-26(29-27(35)28-21-13-14-24(32-3)25(16-21)33-4)19(2)31(30-18)17-20-9-8-12-23(15-20)34-22-10-6-5-7-11-22/h5-16H,17H2,1-4H3,(H2,28,29,35). The van der Waals surface area contributed by atoms with E-state index < -0.39 is 0 Å². The van der Waals surface area contributed by atoms with Gasteiger partial charge in [0, 0.05) is 11.8 Å². The lowest BCUT2D eigenvalue weighted by atomic mass is 10.2. The van der Waals surface area contributed by atoms with Gasteiger partial charge in [-0.05, 0) is 68.0 Å². The van der Waals surface area contributed by atoms with Crippen LogP contribution < -0.4 is 24.8 Å². The Kier molecular flexibility index (Phi) is 7.52. The van der Waals surface area contributed by atoms with Gasteiger partial charge in [0.05, 0.1) is 37.8 Å². The number of methoxy groups -OCH3 is 2. The Morgan fingerprint density at radius 2 is 1.60 bits per heavy atom. The van der Waals surface area contributed by atoms with E-state index in [1.54, 1.807) is 14.2 Å². The molecule has 2 N–H and O–H groups in total. The molecule has 0 saturated heterocycles. The molecule has 180 valence electrons. The minimum absolute atomic E-state index is 0.459. The van der Waals surface area contributed by atoms with Crippen molar-refractivity contribution in [3.05, 3.63) is 89.7 Å². The van der Waals surface area contributed by atoms with Crippen LogP contribution in [0.3, 0.4) is 0 Å². The number of ether oxygens (including phenoxy) is 3. The fraction of sp³-hybridized carbons (Fsp3) is 0.185. The highest BCUT2D eigenvalue weighted by atomic mass is 32.1. The lowest BCUT2D eigenvalue weighted by Crippen LogP contribution is -2.20. The second kappa shape index (κ2) is 10.9. The molecule has 8 heteroatoms. The van der Waals surface area contributed by atoms with E-state index in [1.807, 2.05) is 85.3 Å². The van der Waals surface area contributed by atoms with Crippen molar-refractivity contribution < 1.29 is 14.2 Å². The fourth-order valence-corrected chi connectivity index (χ4v) is 3.95. The number of aryl methyl sites for hydroxylation is 1. The molecule has 0 aliphatic heterocycles. The van der Waals surface area contributed by atoms with Gasteiger partial charge in [0.2, 0.25) is 0 Å². The molecule has 4 aromatic rings. The summed E-state index contributed by atoms with van der Waals surface area (Å²) in [4.78, 5) is 0. The van der Waals surface area contributed by atoms with Crippen LogP contribution in [0.2, 0.25) is 0 Å². The maximum atomic E-state index is 5.97. The topological polar surface area (TPSA) is 69.6 Å². The summed E-state index contributed by atoms with van der Waals surface area (Å²) in [5.41, 5.74) is 4.59. The van der Waals surface area contributed by atoms with Crippen LogP contribution >= 0.6 is 12.2 Å². The first-order valence-electron chi connectivity index (χ1n) is 11.1. The van der Waals surface area contributed by atoms with E-state index in [4.69, 9.17) is 31.5 Å². The van der Waals surface area contributed by atoms with E-state index in [0.717, 1.165) is 39.8 Å². The molecule has 4 rings (SSSR count). The van der Waals surface area contributed by atoms with Gasteiger partial charge in [-0.2, -0.15) is 5.10 Å². The second-order valence-corrected chi connectivity index (χ2v) is 8.32. The molecule has 1 aromatic heterocycles. The highest BCUT2D eigenvalue weighted by Gasteiger charge is 2.14. The molecule has 7 nitrogen and oxygen atoms in total. The van der Waals surface area contributed by atoms with Gasteiger partial charge in [0.25, 0.3) is 0 Å². The Morgan fingerprint density at radius 1 is 0.857 bits per heavy atom. The molecule has 0 amide bonds. The SMILES string of the molecule is COc1ccc(NC(=S)Nc2c(C)nn(Cc3cccc(Oc4ccccc4)c3)c2C)cc1OC. The summed E-state index contributed by atoms with van der Waals surface area (Å²) in [5, 5.41) is 11.7. The predicted molar refractivity (Wildman–Crippen MR) is 143 cm³/mol. The van der Waals surface area contributed by atoms with E-state index in [9.17, 15) is 0 Å². The second-order valence-electron chi connectivity index (χ2n) is 7.91.